The SMILES string of the molecule is COc1ccc(SCCCC(=O)N(CCCN2CCOCC2)c2nc3c(C)c(Cl)ccc3s2)cc1.Cl. The Kier molecular flexibility index (Phi) is 11.6. The van der Waals surface area contributed by atoms with E-state index in [9.17, 15) is 4.79 Å². The number of halogens is 2. The van der Waals surface area contributed by atoms with E-state index in [0.29, 0.717) is 18.0 Å². The third kappa shape index (κ3) is 7.73. The number of thiazole rings is 1. The summed E-state index contributed by atoms with van der Waals surface area (Å²) in [7, 11) is 1.67. The molecule has 0 aliphatic carbocycles. The number of ether oxygens (including phenoxy) is 2. The van der Waals surface area contributed by atoms with E-state index in [-0.39, 0.29) is 18.3 Å². The van der Waals surface area contributed by atoms with Gasteiger partial charge in [0.25, 0.3) is 0 Å². The lowest BCUT2D eigenvalue weighted by Gasteiger charge is -2.27. The second kappa shape index (κ2) is 14.4. The molecule has 0 bridgehead atoms. The molecule has 6 nitrogen and oxygen atoms in total. The van der Waals surface area contributed by atoms with Crippen molar-refractivity contribution in [1.82, 2.24) is 9.88 Å². The lowest BCUT2D eigenvalue weighted by molar-refractivity contribution is -0.118. The minimum absolute atomic E-state index is 0. The molecule has 1 aliphatic rings. The zero-order valence-corrected chi connectivity index (χ0v) is 23.9. The maximum atomic E-state index is 13.4. The van der Waals surface area contributed by atoms with Crippen LogP contribution in [0.4, 0.5) is 5.13 Å². The number of rotatable bonds is 11. The Balaban J connectivity index is 0.00000361. The van der Waals surface area contributed by atoms with Gasteiger partial charge in [0.2, 0.25) is 5.91 Å². The van der Waals surface area contributed by atoms with Crippen LogP contribution in [0.1, 0.15) is 24.8 Å². The number of anilines is 1. The molecule has 0 unspecified atom stereocenters. The van der Waals surface area contributed by atoms with Gasteiger partial charge in [-0.25, -0.2) is 4.98 Å². The molecule has 196 valence electrons. The van der Waals surface area contributed by atoms with Crippen molar-refractivity contribution in [3.63, 3.8) is 0 Å². The number of aryl methyl sites for hydroxylation is 1. The fourth-order valence-corrected chi connectivity index (χ4v) is 6.10. The van der Waals surface area contributed by atoms with Gasteiger partial charge in [-0.05, 0) is 67.5 Å². The fraction of sp³-hybridized carbons (Fsp3) is 0.462. The van der Waals surface area contributed by atoms with Gasteiger partial charge in [0.05, 0.1) is 30.5 Å². The molecule has 4 rings (SSSR count). The second-order valence-electron chi connectivity index (χ2n) is 8.50. The summed E-state index contributed by atoms with van der Waals surface area (Å²) < 4.78 is 11.7. The summed E-state index contributed by atoms with van der Waals surface area (Å²) in [5.41, 5.74) is 1.85. The third-order valence-corrected chi connectivity index (χ3v) is 8.64. The number of aromatic nitrogens is 1. The summed E-state index contributed by atoms with van der Waals surface area (Å²) in [6, 6.07) is 11.9. The van der Waals surface area contributed by atoms with E-state index in [4.69, 9.17) is 26.1 Å². The van der Waals surface area contributed by atoms with E-state index < -0.39 is 0 Å². The van der Waals surface area contributed by atoms with Crippen LogP contribution in [0.3, 0.4) is 0 Å². The van der Waals surface area contributed by atoms with Gasteiger partial charge in [-0.2, -0.15) is 0 Å². The van der Waals surface area contributed by atoms with E-state index in [0.717, 1.165) is 78.1 Å². The lowest BCUT2D eigenvalue weighted by atomic mass is 10.2. The van der Waals surface area contributed by atoms with E-state index in [1.165, 1.54) is 4.90 Å². The van der Waals surface area contributed by atoms with Gasteiger partial charge in [0, 0.05) is 42.5 Å². The van der Waals surface area contributed by atoms with Gasteiger partial charge < -0.3 is 9.47 Å². The molecule has 0 N–H and O–H groups in total. The molecule has 0 radical (unpaired) electrons. The van der Waals surface area contributed by atoms with Crippen LogP contribution in [-0.2, 0) is 9.53 Å². The molecule has 1 fully saturated rings. The quantitative estimate of drug-likeness (QED) is 0.199. The Morgan fingerprint density at radius 1 is 1.19 bits per heavy atom. The van der Waals surface area contributed by atoms with E-state index in [2.05, 4.69) is 17.0 Å². The van der Waals surface area contributed by atoms with Crippen molar-refractivity contribution in [2.24, 2.45) is 0 Å². The Bertz CT molecular complexity index is 1120. The van der Waals surface area contributed by atoms with Crippen molar-refractivity contribution < 1.29 is 14.3 Å². The highest BCUT2D eigenvalue weighted by Crippen LogP contribution is 2.34. The summed E-state index contributed by atoms with van der Waals surface area (Å²) in [5, 5.41) is 1.47. The van der Waals surface area contributed by atoms with Crippen molar-refractivity contribution in [3.05, 3.63) is 47.0 Å². The highest BCUT2D eigenvalue weighted by Gasteiger charge is 2.21. The topological polar surface area (TPSA) is 54.9 Å². The monoisotopic (exact) mass is 569 g/mol. The zero-order chi connectivity index (χ0) is 24.6. The molecule has 1 amide bonds. The molecule has 0 spiro atoms. The zero-order valence-electron chi connectivity index (χ0n) is 20.7. The standard InChI is InChI=1S/C26H32ClN3O3S2.ClH/c1-19-22(27)10-11-23-25(19)28-26(35-23)30(13-4-12-29-14-16-33-17-15-29)24(31)5-3-18-34-21-8-6-20(32-2)7-9-21;/h6-11H,3-5,12-18H2,1-2H3;1H. The molecular formula is C26H33Cl2N3O3S2. The number of nitrogens with zero attached hydrogens (tertiary/aromatic N) is 3. The number of thioether (sulfide) groups is 1. The molecular weight excluding hydrogens is 537 g/mol. The summed E-state index contributed by atoms with van der Waals surface area (Å²) in [4.78, 5) is 23.7. The third-order valence-electron chi connectivity index (χ3n) is 6.09. The maximum Gasteiger partial charge on any atom is 0.228 e. The molecule has 2 aromatic carbocycles. The first-order valence-electron chi connectivity index (χ1n) is 12.0. The fourth-order valence-electron chi connectivity index (χ4n) is 4.03. The number of morpholine rings is 1. The average molecular weight is 571 g/mol. The smallest absolute Gasteiger partial charge is 0.228 e. The van der Waals surface area contributed by atoms with Gasteiger partial charge >= 0.3 is 0 Å². The van der Waals surface area contributed by atoms with Crippen LogP contribution < -0.4 is 9.64 Å². The highest BCUT2D eigenvalue weighted by atomic mass is 35.5. The van der Waals surface area contributed by atoms with Gasteiger partial charge in [0.1, 0.15) is 5.75 Å². The van der Waals surface area contributed by atoms with Crippen molar-refractivity contribution in [3.8, 4) is 5.75 Å². The van der Waals surface area contributed by atoms with Crippen molar-refractivity contribution >= 4 is 68.4 Å². The maximum absolute atomic E-state index is 13.4. The largest absolute Gasteiger partial charge is 0.497 e. The van der Waals surface area contributed by atoms with Gasteiger partial charge in [0.15, 0.2) is 5.13 Å². The van der Waals surface area contributed by atoms with Gasteiger partial charge in [-0.15, -0.1) is 24.2 Å². The number of hydrogen-bond donors (Lipinski definition) is 0. The minimum Gasteiger partial charge on any atom is -0.497 e. The van der Waals surface area contributed by atoms with Crippen LogP contribution in [0.25, 0.3) is 10.2 Å². The first-order valence-corrected chi connectivity index (χ1v) is 14.2. The van der Waals surface area contributed by atoms with Gasteiger partial charge in [-0.3, -0.25) is 14.6 Å². The van der Waals surface area contributed by atoms with E-state index >= 15 is 0 Å². The lowest BCUT2D eigenvalue weighted by Crippen LogP contribution is -2.39. The Hall–Kier alpha value is -1.55. The Morgan fingerprint density at radius 3 is 2.67 bits per heavy atom. The summed E-state index contributed by atoms with van der Waals surface area (Å²) in [6.45, 7) is 7.07. The Morgan fingerprint density at radius 2 is 1.94 bits per heavy atom. The van der Waals surface area contributed by atoms with Crippen LogP contribution in [0, 0.1) is 6.92 Å². The van der Waals surface area contributed by atoms with E-state index in [1.54, 1.807) is 30.2 Å². The molecule has 0 saturated carbocycles. The first kappa shape index (κ1) is 29.0. The number of carbonyl (C=O) groups excluding carboxylic acids is 1. The number of methoxy groups -OCH3 is 1. The van der Waals surface area contributed by atoms with Crippen LogP contribution in [-0.4, -0.2) is 68.0 Å². The molecule has 2 heterocycles. The van der Waals surface area contributed by atoms with Gasteiger partial charge in [-0.1, -0.05) is 22.9 Å². The number of benzene rings is 2. The Labute approximate surface area is 232 Å². The van der Waals surface area contributed by atoms with Crippen LogP contribution in [0.2, 0.25) is 5.02 Å². The van der Waals surface area contributed by atoms with Crippen molar-refractivity contribution in [1.29, 1.82) is 0 Å². The van der Waals surface area contributed by atoms with Crippen molar-refractivity contribution in [2.75, 3.05) is 57.2 Å². The van der Waals surface area contributed by atoms with Crippen LogP contribution in [0.15, 0.2) is 41.3 Å². The number of carbonyl (C=O) groups is 1. The molecule has 1 saturated heterocycles. The molecule has 10 heteroatoms. The molecule has 0 atom stereocenters. The average Bonchev–Trinajstić information content (AvgIpc) is 3.32. The molecule has 3 aromatic rings. The number of amides is 1. The summed E-state index contributed by atoms with van der Waals surface area (Å²) >= 11 is 9.65. The van der Waals surface area contributed by atoms with Crippen LogP contribution in [0.5, 0.6) is 5.75 Å². The first-order chi connectivity index (χ1) is 17.0. The predicted molar refractivity (Wildman–Crippen MR) is 154 cm³/mol. The minimum atomic E-state index is 0. The molecule has 1 aliphatic heterocycles. The van der Waals surface area contributed by atoms with E-state index in [1.807, 2.05) is 36.1 Å². The normalized spacial score (nSPS) is 14.0. The summed E-state index contributed by atoms with van der Waals surface area (Å²) in [6.07, 6.45) is 2.21. The molecule has 36 heavy (non-hydrogen) atoms. The molecule has 1 aromatic heterocycles. The second-order valence-corrected chi connectivity index (χ2v) is 11.1. The summed E-state index contributed by atoms with van der Waals surface area (Å²) in [5.74, 6) is 1.86. The number of fused-ring (bicyclic) bond motifs is 1. The highest BCUT2D eigenvalue weighted by molar-refractivity contribution is 7.99. The predicted octanol–water partition coefficient (Wildman–Crippen LogP) is 6.32. The van der Waals surface area contributed by atoms with Crippen LogP contribution >= 0.6 is 47.1 Å². The van der Waals surface area contributed by atoms with Crippen molar-refractivity contribution in [2.45, 2.75) is 31.1 Å². The number of hydrogen-bond acceptors (Lipinski definition) is 7.